The number of aromatic nitrogens is 2. The molecular weight excluding hydrogens is 304 g/mol. The maximum absolute atomic E-state index is 12.3. The fourth-order valence-corrected chi connectivity index (χ4v) is 2.79. The Bertz CT molecular complexity index is 660. The Hall–Kier alpha value is -2.47. The van der Waals surface area contributed by atoms with Crippen LogP contribution in [0.4, 0.5) is 10.6 Å². The van der Waals surface area contributed by atoms with Crippen LogP contribution in [0.25, 0.3) is 11.3 Å². The van der Waals surface area contributed by atoms with Crippen LogP contribution in [-0.2, 0) is 4.74 Å². The summed E-state index contributed by atoms with van der Waals surface area (Å²) in [5.41, 5.74) is 1.78. The van der Waals surface area contributed by atoms with Crippen molar-refractivity contribution in [1.82, 2.24) is 15.1 Å². The number of benzene rings is 1. The van der Waals surface area contributed by atoms with E-state index in [0.717, 1.165) is 30.8 Å². The summed E-state index contributed by atoms with van der Waals surface area (Å²) in [6, 6.07) is 13.3. The molecule has 0 saturated carbocycles. The van der Waals surface area contributed by atoms with E-state index in [9.17, 15) is 4.79 Å². The van der Waals surface area contributed by atoms with E-state index in [2.05, 4.69) is 15.5 Å². The van der Waals surface area contributed by atoms with Gasteiger partial charge in [0.25, 0.3) is 0 Å². The molecule has 1 aliphatic heterocycles. The number of nitrogens with one attached hydrogen (secondary N) is 1. The van der Waals surface area contributed by atoms with Crippen LogP contribution in [0.1, 0.15) is 13.3 Å². The fraction of sp³-hybridized carbons (Fsp3) is 0.389. The summed E-state index contributed by atoms with van der Waals surface area (Å²) in [6.45, 7) is 4.88. The van der Waals surface area contributed by atoms with E-state index >= 15 is 0 Å². The van der Waals surface area contributed by atoms with E-state index in [1.165, 1.54) is 0 Å². The van der Waals surface area contributed by atoms with E-state index in [0.29, 0.717) is 24.9 Å². The van der Waals surface area contributed by atoms with Gasteiger partial charge in [-0.2, -0.15) is 0 Å². The van der Waals surface area contributed by atoms with Gasteiger partial charge in [-0.1, -0.05) is 30.3 Å². The maximum atomic E-state index is 12.3. The number of urea groups is 1. The van der Waals surface area contributed by atoms with Gasteiger partial charge in [0.15, 0.2) is 5.82 Å². The number of carbonyl (C=O) groups excluding carboxylic acids is 1. The third kappa shape index (κ3) is 4.08. The predicted octanol–water partition coefficient (Wildman–Crippen LogP) is 3.03. The van der Waals surface area contributed by atoms with Gasteiger partial charge in [0.2, 0.25) is 0 Å². The first-order valence-electron chi connectivity index (χ1n) is 8.29. The number of ether oxygens (including phenoxy) is 1. The van der Waals surface area contributed by atoms with E-state index in [4.69, 9.17) is 4.74 Å². The molecule has 24 heavy (non-hydrogen) atoms. The zero-order valence-electron chi connectivity index (χ0n) is 13.8. The first kappa shape index (κ1) is 16.4. The minimum atomic E-state index is -0.129. The summed E-state index contributed by atoms with van der Waals surface area (Å²) in [6.07, 6.45) is 0.978. The highest BCUT2D eigenvalue weighted by atomic mass is 16.5. The largest absolute Gasteiger partial charge is 0.381 e. The number of hydrogen-bond donors (Lipinski definition) is 1. The number of amides is 2. The fourth-order valence-electron chi connectivity index (χ4n) is 2.79. The number of likely N-dealkylation sites (tertiary alicyclic amines) is 1. The summed E-state index contributed by atoms with van der Waals surface area (Å²) in [7, 11) is 0. The maximum Gasteiger partial charge on any atom is 0.323 e. The van der Waals surface area contributed by atoms with Crippen LogP contribution in [0.5, 0.6) is 0 Å². The standard InChI is InChI=1S/C18H22N4O2/c1-2-24-13-14-10-11-22(12-14)18(23)19-17-9-8-16(20-21-17)15-6-4-3-5-7-15/h3-9,14H,2,10-13H2,1H3,(H,19,21,23). The zero-order valence-corrected chi connectivity index (χ0v) is 13.8. The minimum absolute atomic E-state index is 0.129. The number of anilines is 1. The van der Waals surface area contributed by atoms with E-state index in [1.54, 1.807) is 11.0 Å². The monoisotopic (exact) mass is 326 g/mol. The zero-order chi connectivity index (χ0) is 16.8. The van der Waals surface area contributed by atoms with Crippen molar-refractivity contribution in [3.63, 3.8) is 0 Å². The minimum Gasteiger partial charge on any atom is -0.381 e. The Morgan fingerprint density at radius 1 is 1.25 bits per heavy atom. The van der Waals surface area contributed by atoms with Crippen molar-refractivity contribution in [2.24, 2.45) is 5.92 Å². The molecule has 0 aliphatic carbocycles. The van der Waals surface area contributed by atoms with Crippen molar-refractivity contribution in [2.75, 3.05) is 31.6 Å². The molecule has 3 rings (SSSR count). The molecular formula is C18H22N4O2. The molecule has 1 aromatic carbocycles. The molecule has 1 fully saturated rings. The van der Waals surface area contributed by atoms with Gasteiger partial charge in [-0.3, -0.25) is 5.32 Å². The highest BCUT2D eigenvalue weighted by Crippen LogP contribution is 2.19. The van der Waals surface area contributed by atoms with E-state index in [1.807, 2.05) is 43.3 Å². The highest BCUT2D eigenvalue weighted by Gasteiger charge is 2.26. The third-order valence-corrected chi connectivity index (χ3v) is 4.10. The smallest absolute Gasteiger partial charge is 0.323 e. The topological polar surface area (TPSA) is 67.3 Å². The number of carbonyl (C=O) groups is 1. The second-order valence-electron chi connectivity index (χ2n) is 5.86. The summed E-state index contributed by atoms with van der Waals surface area (Å²) >= 11 is 0. The number of hydrogen-bond acceptors (Lipinski definition) is 4. The lowest BCUT2D eigenvalue weighted by Crippen LogP contribution is -2.33. The lowest BCUT2D eigenvalue weighted by Gasteiger charge is -2.17. The molecule has 1 unspecified atom stereocenters. The molecule has 1 aromatic heterocycles. The number of rotatable bonds is 5. The van der Waals surface area contributed by atoms with Crippen LogP contribution >= 0.6 is 0 Å². The van der Waals surface area contributed by atoms with Gasteiger partial charge in [-0.05, 0) is 25.5 Å². The highest BCUT2D eigenvalue weighted by molar-refractivity contribution is 5.88. The summed E-state index contributed by atoms with van der Waals surface area (Å²) in [5, 5.41) is 11.1. The van der Waals surface area contributed by atoms with E-state index in [-0.39, 0.29) is 6.03 Å². The van der Waals surface area contributed by atoms with Crippen LogP contribution in [0.2, 0.25) is 0 Å². The first-order chi connectivity index (χ1) is 11.8. The molecule has 2 heterocycles. The van der Waals surface area contributed by atoms with Gasteiger partial charge >= 0.3 is 6.03 Å². The SMILES string of the molecule is CCOCC1CCN(C(=O)Nc2ccc(-c3ccccc3)nn2)C1. The average molecular weight is 326 g/mol. The van der Waals surface area contributed by atoms with Gasteiger partial charge in [0, 0.05) is 31.2 Å². The number of nitrogens with zero attached hydrogens (tertiary/aromatic N) is 3. The van der Waals surface area contributed by atoms with E-state index < -0.39 is 0 Å². The normalized spacial score (nSPS) is 17.0. The molecule has 0 spiro atoms. The van der Waals surface area contributed by atoms with Gasteiger partial charge in [-0.25, -0.2) is 4.79 Å². The molecule has 6 heteroatoms. The van der Waals surface area contributed by atoms with Crippen molar-refractivity contribution < 1.29 is 9.53 Å². The third-order valence-electron chi connectivity index (χ3n) is 4.10. The van der Waals surface area contributed by atoms with Crippen LogP contribution in [0, 0.1) is 5.92 Å². The lowest BCUT2D eigenvalue weighted by molar-refractivity contribution is 0.113. The molecule has 1 N–H and O–H groups in total. The van der Waals surface area contributed by atoms with Gasteiger partial charge in [-0.15, -0.1) is 10.2 Å². The summed E-state index contributed by atoms with van der Waals surface area (Å²) in [5.74, 6) is 0.884. The molecule has 0 bridgehead atoms. The lowest BCUT2D eigenvalue weighted by atomic mass is 10.1. The first-order valence-corrected chi connectivity index (χ1v) is 8.29. The molecule has 1 atom stereocenters. The van der Waals surface area contributed by atoms with Crippen molar-refractivity contribution in [3.8, 4) is 11.3 Å². The van der Waals surface area contributed by atoms with Crippen molar-refractivity contribution in [3.05, 3.63) is 42.5 Å². The molecule has 126 valence electrons. The molecule has 0 radical (unpaired) electrons. The Morgan fingerprint density at radius 2 is 2.08 bits per heavy atom. The Labute approximate surface area is 141 Å². The van der Waals surface area contributed by atoms with Crippen molar-refractivity contribution in [2.45, 2.75) is 13.3 Å². The molecule has 2 aromatic rings. The second-order valence-corrected chi connectivity index (χ2v) is 5.86. The van der Waals surface area contributed by atoms with Crippen molar-refractivity contribution in [1.29, 1.82) is 0 Å². The molecule has 2 amide bonds. The predicted molar refractivity (Wildman–Crippen MR) is 92.7 cm³/mol. The van der Waals surface area contributed by atoms with Crippen LogP contribution in [0.15, 0.2) is 42.5 Å². The molecule has 6 nitrogen and oxygen atoms in total. The quantitative estimate of drug-likeness (QED) is 0.917. The van der Waals surface area contributed by atoms with Gasteiger partial charge < -0.3 is 9.64 Å². The van der Waals surface area contributed by atoms with Gasteiger partial charge in [0.1, 0.15) is 0 Å². The van der Waals surface area contributed by atoms with Gasteiger partial charge in [0.05, 0.1) is 12.3 Å². The summed E-state index contributed by atoms with van der Waals surface area (Å²) < 4.78 is 5.44. The Balaban J connectivity index is 1.55. The summed E-state index contributed by atoms with van der Waals surface area (Å²) in [4.78, 5) is 14.1. The Kier molecular flexibility index (Phi) is 5.38. The molecule has 1 aliphatic rings. The van der Waals surface area contributed by atoms with Crippen LogP contribution in [0.3, 0.4) is 0 Å². The average Bonchev–Trinajstić information content (AvgIpc) is 3.10. The second kappa shape index (κ2) is 7.88. The Morgan fingerprint density at radius 3 is 2.79 bits per heavy atom. The van der Waals surface area contributed by atoms with Crippen molar-refractivity contribution >= 4 is 11.8 Å². The van der Waals surface area contributed by atoms with Crippen LogP contribution in [-0.4, -0.2) is 47.4 Å². The molecule has 1 saturated heterocycles. The van der Waals surface area contributed by atoms with Crippen LogP contribution < -0.4 is 5.32 Å².